The number of nitrogens with zero attached hydrogens (tertiary/aromatic N) is 5. The van der Waals surface area contributed by atoms with Crippen molar-refractivity contribution in [2.24, 2.45) is 0 Å². The first-order valence-corrected chi connectivity index (χ1v) is 9.57. The molecule has 0 aliphatic carbocycles. The molecule has 0 N–H and O–H groups in total. The molecule has 2 aliphatic rings. The van der Waals surface area contributed by atoms with E-state index in [-0.39, 0.29) is 23.3 Å². The van der Waals surface area contributed by atoms with Crippen molar-refractivity contribution in [3.8, 4) is 23.0 Å². The van der Waals surface area contributed by atoms with Gasteiger partial charge in [0.2, 0.25) is 6.79 Å². The molecule has 1 saturated heterocycles. The predicted octanol–water partition coefficient (Wildman–Crippen LogP) is 3.01. The van der Waals surface area contributed by atoms with Gasteiger partial charge in [-0.05, 0) is 31.2 Å². The topological polar surface area (TPSA) is 107 Å². The van der Waals surface area contributed by atoms with Crippen molar-refractivity contribution in [3.63, 3.8) is 0 Å². The Kier molecular flexibility index (Phi) is 4.38. The molecule has 0 radical (unpaired) electrons. The van der Waals surface area contributed by atoms with Crippen molar-refractivity contribution in [1.82, 2.24) is 10.1 Å². The standard InChI is InChI=1S/C20H19N5O5/c1-13-21-20(30-22-13)14-2-4-16(17(10-14)25(26)27)24-8-6-23(7-9-24)15-3-5-18-19(11-15)29-12-28-18/h2-5,10-11H,6-9,12H2,1H3. The number of hydrogen-bond acceptors (Lipinski definition) is 9. The van der Waals surface area contributed by atoms with Crippen molar-refractivity contribution in [2.45, 2.75) is 6.92 Å². The second-order valence-electron chi connectivity index (χ2n) is 7.12. The molecule has 1 fully saturated rings. The Morgan fingerprint density at radius 1 is 1.00 bits per heavy atom. The Hall–Kier alpha value is -3.82. The molecule has 0 atom stereocenters. The fourth-order valence-corrected chi connectivity index (χ4v) is 3.77. The lowest BCUT2D eigenvalue weighted by Gasteiger charge is -2.37. The first-order valence-electron chi connectivity index (χ1n) is 9.57. The van der Waals surface area contributed by atoms with E-state index in [0.717, 1.165) is 30.3 Å². The van der Waals surface area contributed by atoms with Crippen LogP contribution in [0.3, 0.4) is 0 Å². The highest BCUT2D eigenvalue weighted by atomic mass is 16.7. The van der Waals surface area contributed by atoms with Gasteiger partial charge in [0.25, 0.3) is 11.6 Å². The van der Waals surface area contributed by atoms with Crippen molar-refractivity contribution in [2.75, 3.05) is 42.8 Å². The number of hydrogen-bond donors (Lipinski definition) is 0. The number of nitro benzene ring substituents is 1. The van der Waals surface area contributed by atoms with E-state index in [4.69, 9.17) is 14.0 Å². The second-order valence-corrected chi connectivity index (χ2v) is 7.12. The molecule has 30 heavy (non-hydrogen) atoms. The van der Waals surface area contributed by atoms with Gasteiger partial charge >= 0.3 is 0 Å². The molecule has 5 rings (SSSR count). The first-order chi connectivity index (χ1) is 14.6. The largest absolute Gasteiger partial charge is 0.454 e. The minimum atomic E-state index is -0.369. The molecule has 10 nitrogen and oxygen atoms in total. The highest BCUT2D eigenvalue weighted by Crippen LogP contribution is 2.37. The van der Waals surface area contributed by atoms with Crippen LogP contribution in [0.5, 0.6) is 11.5 Å². The Bertz CT molecular complexity index is 1110. The molecule has 154 valence electrons. The Labute approximate surface area is 171 Å². The maximum absolute atomic E-state index is 11.7. The zero-order valence-electron chi connectivity index (χ0n) is 16.3. The molecule has 0 saturated carbocycles. The molecular weight excluding hydrogens is 390 g/mol. The highest BCUT2D eigenvalue weighted by molar-refractivity contribution is 5.71. The number of aromatic nitrogens is 2. The molecule has 1 aromatic heterocycles. The van der Waals surface area contributed by atoms with Gasteiger partial charge in [-0.3, -0.25) is 10.1 Å². The number of benzene rings is 2. The number of piperazine rings is 1. The quantitative estimate of drug-likeness (QED) is 0.475. The highest BCUT2D eigenvalue weighted by Gasteiger charge is 2.26. The summed E-state index contributed by atoms with van der Waals surface area (Å²) in [6, 6.07) is 10.9. The summed E-state index contributed by atoms with van der Waals surface area (Å²) < 4.78 is 16.0. The predicted molar refractivity (Wildman–Crippen MR) is 108 cm³/mol. The minimum Gasteiger partial charge on any atom is -0.454 e. The molecule has 0 amide bonds. The molecule has 0 spiro atoms. The monoisotopic (exact) mass is 409 g/mol. The summed E-state index contributed by atoms with van der Waals surface area (Å²) in [6.07, 6.45) is 0. The van der Waals surface area contributed by atoms with E-state index in [1.807, 2.05) is 23.1 Å². The van der Waals surface area contributed by atoms with Gasteiger partial charge in [0.15, 0.2) is 17.3 Å². The average molecular weight is 409 g/mol. The van der Waals surface area contributed by atoms with Crippen LogP contribution in [0.1, 0.15) is 5.82 Å². The van der Waals surface area contributed by atoms with Crippen LogP contribution in [-0.4, -0.2) is 48.0 Å². The second kappa shape index (κ2) is 7.21. The van der Waals surface area contributed by atoms with E-state index in [9.17, 15) is 10.1 Å². The summed E-state index contributed by atoms with van der Waals surface area (Å²) >= 11 is 0. The number of rotatable bonds is 4. The fraction of sp³-hybridized carbons (Fsp3) is 0.300. The summed E-state index contributed by atoms with van der Waals surface area (Å²) in [5.74, 6) is 2.26. The maximum atomic E-state index is 11.7. The van der Waals surface area contributed by atoms with Gasteiger partial charge < -0.3 is 23.8 Å². The zero-order valence-corrected chi connectivity index (χ0v) is 16.3. The molecule has 10 heteroatoms. The molecule has 2 aromatic carbocycles. The van der Waals surface area contributed by atoms with E-state index in [1.165, 1.54) is 6.07 Å². The van der Waals surface area contributed by atoms with Crippen LogP contribution in [-0.2, 0) is 0 Å². The fourth-order valence-electron chi connectivity index (χ4n) is 3.77. The third-order valence-electron chi connectivity index (χ3n) is 5.29. The number of fused-ring (bicyclic) bond motifs is 1. The van der Waals surface area contributed by atoms with Crippen molar-refractivity contribution in [1.29, 1.82) is 0 Å². The average Bonchev–Trinajstić information content (AvgIpc) is 3.41. The maximum Gasteiger partial charge on any atom is 0.293 e. The lowest BCUT2D eigenvalue weighted by Crippen LogP contribution is -2.46. The van der Waals surface area contributed by atoms with Gasteiger partial charge in [-0.2, -0.15) is 4.98 Å². The van der Waals surface area contributed by atoms with Crippen molar-refractivity contribution in [3.05, 3.63) is 52.3 Å². The summed E-state index contributed by atoms with van der Waals surface area (Å²) in [5, 5.41) is 15.5. The summed E-state index contributed by atoms with van der Waals surface area (Å²) in [6.45, 7) is 4.75. The SMILES string of the molecule is Cc1noc(-c2ccc(N3CCN(c4ccc5c(c4)OCO5)CC3)c([N+](=O)[O-])c2)n1. The van der Waals surface area contributed by atoms with Crippen LogP contribution in [0.4, 0.5) is 17.1 Å². The smallest absolute Gasteiger partial charge is 0.293 e. The number of anilines is 2. The zero-order chi connectivity index (χ0) is 20.7. The molecule has 3 heterocycles. The van der Waals surface area contributed by atoms with Crippen LogP contribution in [0.25, 0.3) is 11.5 Å². The van der Waals surface area contributed by atoms with Crippen molar-refractivity contribution < 1.29 is 18.9 Å². The number of aryl methyl sites for hydroxylation is 1. The first kappa shape index (κ1) is 18.2. The third kappa shape index (κ3) is 3.25. The lowest BCUT2D eigenvalue weighted by molar-refractivity contribution is -0.384. The van der Waals surface area contributed by atoms with E-state index in [0.29, 0.717) is 30.2 Å². The van der Waals surface area contributed by atoms with Crippen molar-refractivity contribution >= 4 is 17.1 Å². The summed E-state index contributed by atoms with van der Waals surface area (Å²) in [5.41, 5.74) is 2.20. The van der Waals surface area contributed by atoms with Gasteiger partial charge in [-0.25, -0.2) is 0 Å². The summed E-state index contributed by atoms with van der Waals surface area (Å²) in [7, 11) is 0. The van der Waals surface area contributed by atoms with Crippen LogP contribution in [0.15, 0.2) is 40.9 Å². The lowest BCUT2D eigenvalue weighted by atomic mass is 10.1. The molecule has 2 aliphatic heterocycles. The van der Waals surface area contributed by atoms with E-state index in [1.54, 1.807) is 19.1 Å². The van der Waals surface area contributed by atoms with Gasteiger partial charge in [0.1, 0.15) is 5.69 Å². The molecule has 0 bridgehead atoms. The van der Waals surface area contributed by atoms with Gasteiger partial charge in [-0.1, -0.05) is 5.16 Å². The number of nitro groups is 1. The molecule has 0 unspecified atom stereocenters. The Balaban J connectivity index is 1.34. The van der Waals surface area contributed by atoms with Gasteiger partial charge in [0, 0.05) is 49.6 Å². The van der Waals surface area contributed by atoms with Crippen LogP contribution in [0, 0.1) is 17.0 Å². The van der Waals surface area contributed by atoms with Crippen LogP contribution in [0.2, 0.25) is 0 Å². The van der Waals surface area contributed by atoms with E-state index < -0.39 is 0 Å². The number of ether oxygens (including phenoxy) is 2. The summed E-state index contributed by atoms with van der Waals surface area (Å²) in [4.78, 5) is 19.8. The van der Waals surface area contributed by atoms with Gasteiger partial charge in [0.05, 0.1) is 4.92 Å². The molecule has 3 aromatic rings. The van der Waals surface area contributed by atoms with Gasteiger partial charge in [-0.15, -0.1) is 0 Å². The Morgan fingerprint density at radius 3 is 2.50 bits per heavy atom. The normalized spacial score (nSPS) is 15.5. The minimum absolute atomic E-state index is 0.0277. The van der Waals surface area contributed by atoms with Crippen LogP contribution < -0.4 is 19.3 Å². The van der Waals surface area contributed by atoms with E-state index in [2.05, 4.69) is 15.0 Å². The van der Waals surface area contributed by atoms with Crippen LogP contribution >= 0.6 is 0 Å². The van der Waals surface area contributed by atoms with E-state index >= 15 is 0 Å². The molecular formula is C20H19N5O5. The third-order valence-corrected chi connectivity index (χ3v) is 5.29. The Morgan fingerprint density at radius 2 is 1.77 bits per heavy atom.